The number of nitrogens with zero attached hydrogens (tertiary/aromatic N) is 2. The highest BCUT2D eigenvalue weighted by Crippen LogP contribution is 2.34. The lowest BCUT2D eigenvalue weighted by Gasteiger charge is -2.37. The molecule has 0 radical (unpaired) electrons. The Labute approximate surface area is 199 Å². The molecule has 0 spiro atoms. The Morgan fingerprint density at radius 1 is 1.33 bits per heavy atom. The molecule has 0 saturated heterocycles. The summed E-state index contributed by atoms with van der Waals surface area (Å²) in [5, 5.41) is 10.6. The van der Waals surface area contributed by atoms with Crippen LogP contribution in [0.15, 0.2) is 24.4 Å². The van der Waals surface area contributed by atoms with Gasteiger partial charge >= 0.3 is 0 Å². The van der Waals surface area contributed by atoms with Crippen molar-refractivity contribution in [2.45, 2.75) is 85.7 Å². The van der Waals surface area contributed by atoms with Gasteiger partial charge in [-0.05, 0) is 50.5 Å². The van der Waals surface area contributed by atoms with Gasteiger partial charge in [0.15, 0.2) is 0 Å². The SMILES string of the molecule is C=C1CC(C)C(NC(=O)c2cnn(/C=C/C(C)(C)NC(=O)CC)c2OCC(C)C)C(CC)C1. The average Bonchev–Trinajstić information content (AvgIpc) is 3.15. The van der Waals surface area contributed by atoms with Crippen LogP contribution in [0.1, 0.15) is 84.5 Å². The Kier molecular flexibility index (Phi) is 9.32. The molecule has 3 unspecified atom stereocenters. The first-order valence-electron chi connectivity index (χ1n) is 12.2. The molecule has 0 aromatic carbocycles. The van der Waals surface area contributed by atoms with E-state index in [4.69, 9.17) is 4.74 Å². The smallest absolute Gasteiger partial charge is 0.258 e. The average molecular weight is 459 g/mol. The van der Waals surface area contributed by atoms with Gasteiger partial charge in [0.1, 0.15) is 5.56 Å². The summed E-state index contributed by atoms with van der Waals surface area (Å²) in [5.41, 5.74) is 1.11. The van der Waals surface area contributed by atoms with E-state index in [9.17, 15) is 9.59 Å². The highest BCUT2D eigenvalue weighted by atomic mass is 16.5. The Hall–Kier alpha value is -2.57. The van der Waals surface area contributed by atoms with Gasteiger partial charge in [0.05, 0.1) is 18.3 Å². The summed E-state index contributed by atoms with van der Waals surface area (Å²) in [5.74, 6) is 1.21. The van der Waals surface area contributed by atoms with Crippen LogP contribution in [0.25, 0.3) is 6.20 Å². The van der Waals surface area contributed by atoms with Crippen LogP contribution in [-0.2, 0) is 4.79 Å². The van der Waals surface area contributed by atoms with E-state index in [1.54, 1.807) is 17.1 Å². The van der Waals surface area contributed by atoms with E-state index in [1.807, 2.05) is 26.8 Å². The number of hydrogen-bond donors (Lipinski definition) is 2. The maximum Gasteiger partial charge on any atom is 0.258 e. The summed E-state index contributed by atoms with van der Waals surface area (Å²) < 4.78 is 7.60. The van der Waals surface area contributed by atoms with Crippen molar-refractivity contribution < 1.29 is 14.3 Å². The molecule has 2 N–H and O–H groups in total. The Bertz CT molecular complexity index is 869. The molecule has 3 atom stereocenters. The Balaban J connectivity index is 2.28. The first-order valence-corrected chi connectivity index (χ1v) is 12.2. The lowest BCUT2D eigenvalue weighted by atomic mass is 9.74. The minimum atomic E-state index is -0.564. The highest BCUT2D eigenvalue weighted by molar-refractivity contribution is 5.96. The van der Waals surface area contributed by atoms with Crippen LogP contribution >= 0.6 is 0 Å². The van der Waals surface area contributed by atoms with Crippen molar-refractivity contribution in [1.29, 1.82) is 0 Å². The third-order valence-corrected chi connectivity index (χ3v) is 6.07. The van der Waals surface area contributed by atoms with Crippen molar-refractivity contribution in [1.82, 2.24) is 20.4 Å². The van der Waals surface area contributed by atoms with Crippen molar-refractivity contribution in [2.75, 3.05) is 6.61 Å². The van der Waals surface area contributed by atoms with Crippen molar-refractivity contribution in [3.05, 3.63) is 30.0 Å². The van der Waals surface area contributed by atoms with Crippen LogP contribution < -0.4 is 15.4 Å². The number of ether oxygens (including phenoxy) is 1. The first kappa shape index (κ1) is 26.7. The lowest BCUT2D eigenvalue weighted by molar-refractivity contribution is -0.121. The van der Waals surface area contributed by atoms with E-state index < -0.39 is 5.54 Å². The minimum Gasteiger partial charge on any atom is -0.477 e. The van der Waals surface area contributed by atoms with Crippen molar-refractivity contribution in [3.63, 3.8) is 0 Å². The van der Waals surface area contributed by atoms with Gasteiger partial charge in [0.25, 0.3) is 5.91 Å². The standard InChI is InChI=1S/C26H42N4O3/c1-9-20-14-18(5)13-19(6)23(20)28-24(32)21-15-27-30(25(21)33-16-17(3)4)12-11-26(7,8)29-22(31)10-2/h11-12,15,17,19-20,23H,5,9-10,13-14,16H2,1-4,6-8H3,(H,28,32)(H,29,31)/b12-11+. The molecule has 33 heavy (non-hydrogen) atoms. The summed E-state index contributed by atoms with van der Waals surface area (Å²) in [6.45, 7) is 18.7. The summed E-state index contributed by atoms with van der Waals surface area (Å²) in [6.07, 6.45) is 8.43. The second-order valence-electron chi connectivity index (χ2n) is 10.3. The van der Waals surface area contributed by atoms with Gasteiger partial charge in [-0.15, -0.1) is 0 Å². The zero-order chi connectivity index (χ0) is 24.8. The zero-order valence-electron chi connectivity index (χ0n) is 21.4. The number of carbonyl (C=O) groups excluding carboxylic acids is 2. The fourth-order valence-electron chi connectivity index (χ4n) is 4.26. The Morgan fingerprint density at radius 2 is 2.03 bits per heavy atom. The zero-order valence-corrected chi connectivity index (χ0v) is 21.4. The molecule has 1 aromatic rings. The van der Waals surface area contributed by atoms with E-state index in [0.717, 1.165) is 19.3 Å². The van der Waals surface area contributed by atoms with E-state index >= 15 is 0 Å². The molecular formula is C26H42N4O3. The summed E-state index contributed by atoms with van der Waals surface area (Å²) in [4.78, 5) is 25.1. The number of amides is 2. The maximum absolute atomic E-state index is 13.3. The molecule has 7 nitrogen and oxygen atoms in total. The molecule has 2 rings (SSSR count). The number of nitrogens with one attached hydrogen (secondary N) is 2. The topological polar surface area (TPSA) is 85.3 Å². The van der Waals surface area contributed by atoms with Gasteiger partial charge in [-0.1, -0.05) is 53.2 Å². The third-order valence-electron chi connectivity index (χ3n) is 6.07. The van der Waals surface area contributed by atoms with Crippen LogP contribution in [0.5, 0.6) is 5.88 Å². The second-order valence-corrected chi connectivity index (χ2v) is 10.3. The van der Waals surface area contributed by atoms with Crippen molar-refractivity contribution in [3.8, 4) is 5.88 Å². The second kappa shape index (κ2) is 11.5. The maximum atomic E-state index is 13.3. The number of allylic oxidation sites excluding steroid dienone is 1. The molecular weight excluding hydrogens is 416 g/mol. The molecule has 1 aromatic heterocycles. The summed E-state index contributed by atoms with van der Waals surface area (Å²) >= 11 is 0. The third kappa shape index (κ3) is 7.47. The quantitative estimate of drug-likeness (QED) is 0.493. The highest BCUT2D eigenvalue weighted by Gasteiger charge is 2.33. The molecule has 0 bridgehead atoms. The molecule has 1 heterocycles. The van der Waals surface area contributed by atoms with Crippen LogP contribution in [-0.4, -0.2) is 39.8 Å². The van der Waals surface area contributed by atoms with Crippen molar-refractivity contribution in [2.24, 2.45) is 17.8 Å². The lowest BCUT2D eigenvalue weighted by Crippen LogP contribution is -2.47. The number of hydrogen-bond acceptors (Lipinski definition) is 4. The van der Waals surface area contributed by atoms with Crippen LogP contribution in [0.4, 0.5) is 0 Å². The van der Waals surface area contributed by atoms with Gasteiger partial charge in [-0.25, -0.2) is 4.68 Å². The molecule has 2 amide bonds. The molecule has 1 saturated carbocycles. The van der Waals surface area contributed by atoms with Crippen molar-refractivity contribution >= 4 is 18.0 Å². The van der Waals surface area contributed by atoms with Gasteiger partial charge in [-0.2, -0.15) is 5.10 Å². The monoisotopic (exact) mass is 458 g/mol. The van der Waals surface area contributed by atoms with E-state index in [0.29, 0.717) is 42.2 Å². The molecule has 184 valence electrons. The Morgan fingerprint density at radius 3 is 2.64 bits per heavy atom. The fraction of sp³-hybridized carbons (Fsp3) is 0.654. The van der Waals surface area contributed by atoms with Crippen LogP contribution in [0.3, 0.4) is 0 Å². The number of carbonyl (C=O) groups is 2. The van der Waals surface area contributed by atoms with Crippen LogP contribution in [0.2, 0.25) is 0 Å². The molecule has 1 fully saturated rings. The first-order chi connectivity index (χ1) is 15.5. The summed E-state index contributed by atoms with van der Waals surface area (Å²) in [6, 6.07) is 0.0908. The van der Waals surface area contributed by atoms with E-state index in [1.165, 1.54) is 5.57 Å². The molecule has 7 heteroatoms. The predicted octanol–water partition coefficient (Wildman–Crippen LogP) is 4.80. The fourth-order valence-corrected chi connectivity index (χ4v) is 4.26. The van der Waals surface area contributed by atoms with E-state index in [-0.39, 0.29) is 17.9 Å². The molecule has 1 aliphatic carbocycles. The van der Waals surface area contributed by atoms with Gasteiger partial charge in [0, 0.05) is 18.7 Å². The largest absolute Gasteiger partial charge is 0.477 e. The molecule has 0 aliphatic heterocycles. The van der Waals surface area contributed by atoms with Crippen LogP contribution in [0, 0.1) is 17.8 Å². The number of rotatable bonds is 10. The number of aromatic nitrogens is 2. The predicted molar refractivity (Wildman–Crippen MR) is 133 cm³/mol. The summed E-state index contributed by atoms with van der Waals surface area (Å²) in [7, 11) is 0. The van der Waals surface area contributed by atoms with Gasteiger partial charge in [0.2, 0.25) is 11.8 Å². The normalized spacial score (nSPS) is 21.5. The van der Waals surface area contributed by atoms with Gasteiger partial charge < -0.3 is 15.4 Å². The van der Waals surface area contributed by atoms with E-state index in [2.05, 4.69) is 50.0 Å². The molecule has 1 aliphatic rings. The van der Waals surface area contributed by atoms with Gasteiger partial charge in [-0.3, -0.25) is 9.59 Å². The minimum absolute atomic E-state index is 0.0313.